The largest absolute Gasteiger partial charge is 0.455 e. The number of para-hydroxylation sites is 1. The summed E-state index contributed by atoms with van der Waals surface area (Å²) < 4.78 is 6.73. The quantitative estimate of drug-likeness (QED) is 0.143. The molecule has 10 aromatic carbocycles. The van der Waals surface area contributed by atoms with Gasteiger partial charge >= 0.3 is 0 Å². The molecule has 1 heterocycles. The van der Waals surface area contributed by atoms with Crippen molar-refractivity contribution in [3.63, 3.8) is 0 Å². The normalized spacial score (nSPS) is 12.3. The number of furan rings is 1. The van der Waals surface area contributed by atoms with Gasteiger partial charge in [0.1, 0.15) is 11.2 Å². The highest BCUT2D eigenvalue weighted by Crippen LogP contribution is 2.47. The lowest BCUT2D eigenvalue weighted by atomic mass is 9.84. The van der Waals surface area contributed by atoms with Gasteiger partial charge in [-0.25, -0.2) is 0 Å². The fourth-order valence-corrected chi connectivity index (χ4v) is 8.30. The summed E-state index contributed by atoms with van der Waals surface area (Å²) in [6.45, 7) is 0. The van der Waals surface area contributed by atoms with Crippen LogP contribution in [-0.2, 0) is 0 Å². The highest BCUT2D eigenvalue weighted by molar-refractivity contribution is 6.40. The van der Waals surface area contributed by atoms with Crippen molar-refractivity contribution in [1.82, 2.24) is 0 Å². The number of fused-ring (bicyclic) bond motifs is 11. The van der Waals surface area contributed by atoms with Crippen molar-refractivity contribution in [2.45, 2.75) is 0 Å². The smallest absolute Gasteiger partial charge is 0.143 e. The topological polar surface area (TPSA) is 13.1 Å². The van der Waals surface area contributed by atoms with E-state index >= 15 is 0 Å². The minimum absolute atomic E-state index is 0.934. The van der Waals surface area contributed by atoms with Crippen LogP contribution in [0.1, 0.15) is 0 Å². The molecular weight excluding hydrogens is 569 g/mol. The van der Waals surface area contributed by atoms with Gasteiger partial charge in [-0.1, -0.05) is 133 Å². The third-order valence-electron chi connectivity index (χ3n) is 10.4. The number of hydrogen-bond acceptors (Lipinski definition) is 1. The predicted molar refractivity (Wildman–Crippen MR) is 201 cm³/mol. The van der Waals surface area contributed by atoms with Crippen molar-refractivity contribution in [3.8, 4) is 22.3 Å². The van der Waals surface area contributed by atoms with Crippen LogP contribution >= 0.6 is 0 Å². The van der Waals surface area contributed by atoms with E-state index in [0.29, 0.717) is 0 Å². The Balaban J connectivity index is 1.20. The van der Waals surface area contributed by atoms with E-state index in [9.17, 15) is 0 Å². The molecule has 0 aliphatic carbocycles. The lowest BCUT2D eigenvalue weighted by Gasteiger charge is -2.19. The van der Waals surface area contributed by atoms with E-state index in [1.54, 1.807) is 0 Å². The molecule has 0 unspecified atom stereocenters. The molecule has 1 heteroatoms. The van der Waals surface area contributed by atoms with Crippen molar-refractivity contribution in [2.24, 2.45) is 0 Å². The summed E-state index contributed by atoms with van der Waals surface area (Å²) in [4.78, 5) is 0. The summed E-state index contributed by atoms with van der Waals surface area (Å²) in [6, 6.07) is 57.7. The van der Waals surface area contributed by atoms with E-state index in [4.69, 9.17) is 4.42 Å². The van der Waals surface area contributed by atoms with Crippen molar-refractivity contribution in [1.29, 1.82) is 0 Å². The number of benzene rings is 10. The first-order valence-electron chi connectivity index (χ1n) is 16.3. The van der Waals surface area contributed by atoms with Crippen molar-refractivity contribution in [2.75, 3.05) is 0 Å². The maximum atomic E-state index is 6.73. The van der Waals surface area contributed by atoms with Crippen LogP contribution in [0.3, 0.4) is 0 Å². The maximum absolute atomic E-state index is 6.73. The molecule has 1 nitrogen and oxygen atoms in total. The van der Waals surface area contributed by atoms with Gasteiger partial charge in [-0.3, -0.25) is 0 Å². The van der Waals surface area contributed by atoms with Crippen LogP contribution in [0.5, 0.6) is 0 Å². The molecule has 0 aliphatic heterocycles. The Morgan fingerprint density at radius 3 is 1.51 bits per heavy atom. The Hall–Kier alpha value is -6.18. The van der Waals surface area contributed by atoms with Gasteiger partial charge in [0.2, 0.25) is 0 Å². The first-order valence-corrected chi connectivity index (χ1v) is 16.3. The minimum atomic E-state index is 0.934. The molecule has 0 amide bonds. The van der Waals surface area contributed by atoms with Crippen LogP contribution in [0.4, 0.5) is 0 Å². The zero-order chi connectivity index (χ0) is 30.6. The van der Waals surface area contributed by atoms with Crippen LogP contribution in [-0.4, -0.2) is 0 Å². The van der Waals surface area contributed by atoms with Crippen molar-refractivity contribution < 1.29 is 4.42 Å². The Morgan fingerprint density at radius 2 is 0.787 bits per heavy atom. The molecule has 11 aromatic rings. The second kappa shape index (κ2) is 9.19. The van der Waals surface area contributed by atoms with Crippen LogP contribution in [0.2, 0.25) is 0 Å². The second-order valence-corrected chi connectivity index (χ2v) is 12.8. The van der Waals surface area contributed by atoms with Crippen LogP contribution < -0.4 is 0 Å². The average Bonchev–Trinajstić information content (AvgIpc) is 3.54. The van der Waals surface area contributed by atoms with Gasteiger partial charge in [-0.05, 0) is 100 Å². The van der Waals surface area contributed by atoms with Gasteiger partial charge < -0.3 is 4.42 Å². The molecule has 0 bridgehead atoms. The molecule has 0 saturated heterocycles. The summed E-state index contributed by atoms with van der Waals surface area (Å²) in [5, 5.41) is 17.8. The maximum Gasteiger partial charge on any atom is 0.143 e. The molecule has 1 aromatic heterocycles. The van der Waals surface area contributed by atoms with Crippen molar-refractivity contribution in [3.05, 3.63) is 158 Å². The van der Waals surface area contributed by atoms with Gasteiger partial charge in [-0.15, -0.1) is 0 Å². The van der Waals surface area contributed by atoms with E-state index in [1.165, 1.54) is 70.4 Å². The monoisotopic (exact) mass is 594 g/mol. The molecule has 0 atom stereocenters. The van der Waals surface area contributed by atoms with Gasteiger partial charge in [-0.2, -0.15) is 0 Å². The molecule has 0 spiro atoms. The highest BCUT2D eigenvalue weighted by atomic mass is 16.3. The summed E-state index contributed by atoms with van der Waals surface area (Å²) in [7, 11) is 0. The molecule has 0 N–H and O–H groups in total. The lowest BCUT2D eigenvalue weighted by molar-refractivity contribution is 0.674. The Morgan fingerprint density at radius 1 is 0.277 bits per heavy atom. The van der Waals surface area contributed by atoms with Crippen LogP contribution in [0, 0.1) is 0 Å². The highest BCUT2D eigenvalue weighted by Gasteiger charge is 2.19. The van der Waals surface area contributed by atoms with E-state index in [1.807, 2.05) is 0 Å². The summed E-state index contributed by atoms with van der Waals surface area (Å²) >= 11 is 0. The zero-order valence-electron chi connectivity index (χ0n) is 25.4. The average molecular weight is 595 g/mol. The summed E-state index contributed by atoms with van der Waals surface area (Å²) in [5.41, 5.74) is 6.56. The molecule has 0 saturated carbocycles. The number of rotatable bonds is 2. The Bertz CT molecular complexity index is 2960. The van der Waals surface area contributed by atoms with Gasteiger partial charge in [0.05, 0.1) is 0 Å². The SMILES string of the molecule is c1cc(-c2cc3c4ccccc4c4cccc5c6ccccc6c(c2)c3c45)cc(-c2cccc3c2oc2c4ccccc4ccc32)c1. The van der Waals surface area contributed by atoms with E-state index in [2.05, 4.69) is 158 Å². The van der Waals surface area contributed by atoms with E-state index in [0.717, 1.165) is 38.5 Å². The molecule has 47 heavy (non-hydrogen) atoms. The number of hydrogen-bond donors (Lipinski definition) is 0. The molecular formula is C46H26O. The first kappa shape index (κ1) is 25.1. The van der Waals surface area contributed by atoms with Gasteiger partial charge in [0, 0.05) is 21.7 Å². The first-order chi connectivity index (χ1) is 23.3. The Labute approximate surface area is 270 Å². The second-order valence-electron chi connectivity index (χ2n) is 12.8. The zero-order valence-corrected chi connectivity index (χ0v) is 25.4. The van der Waals surface area contributed by atoms with Gasteiger partial charge in [0.25, 0.3) is 0 Å². The lowest BCUT2D eigenvalue weighted by Crippen LogP contribution is -1.91. The van der Waals surface area contributed by atoms with E-state index < -0.39 is 0 Å². The van der Waals surface area contributed by atoms with Gasteiger partial charge in [0.15, 0.2) is 0 Å². The molecule has 216 valence electrons. The van der Waals surface area contributed by atoms with E-state index in [-0.39, 0.29) is 0 Å². The molecule has 0 aliphatic rings. The predicted octanol–water partition coefficient (Wildman–Crippen LogP) is 13.3. The van der Waals surface area contributed by atoms with Crippen molar-refractivity contribution >= 4 is 86.6 Å². The Kier molecular flexibility index (Phi) is 4.90. The molecule has 0 radical (unpaired) electrons. The molecule has 11 rings (SSSR count). The van der Waals surface area contributed by atoms with Crippen LogP contribution in [0.25, 0.3) is 109 Å². The third kappa shape index (κ3) is 3.38. The summed E-state index contributed by atoms with van der Waals surface area (Å²) in [6.07, 6.45) is 0. The fraction of sp³-hybridized carbons (Fsp3) is 0. The minimum Gasteiger partial charge on any atom is -0.455 e. The fourth-order valence-electron chi connectivity index (χ4n) is 8.30. The standard InChI is InChI=1S/C46H26O/c1-2-13-31-27(10-1)22-23-40-39-21-8-18-32(46(39)47-45(31)40)29-12-7-11-28(24-29)30-25-41-35-16-5-3-14-33(35)37-19-9-20-38-34-15-4-6-17-36(34)42(26-30)44(41)43(37)38/h1-26H. The molecule has 0 fully saturated rings. The third-order valence-corrected chi connectivity index (χ3v) is 10.4. The van der Waals surface area contributed by atoms with Crippen LogP contribution in [0.15, 0.2) is 162 Å². The summed E-state index contributed by atoms with van der Waals surface area (Å²) in [5.74, 6) is 0.